The first-order valence-corrected chi connectivity index (χ1v) is 9.78. The smallest absolute Gasteiger partial charge is 0.341 e. The van der Waals surface area contributed by atoms with Crippen LogP contribution in [0, 0.1) is 0 Å². The van der Waals surface area contributed by atoms with E-state index in [4.69, 9.17) is 9.47 Å². The Morgan fingerprint density at radius 3 is 2.90 bits per heavy atom. The van der Waals surface area contributed by atoms with Crippen LogP contribution in [0.5, 0.6) is 5.88 Å². The minimum atomic E-state index is -0.440. The number of methoxy groups -OCH3 is 1. The molecule has 9 heteroatoms. The Hall–Kier alpha value is -3.75. The number of rotatable bonds is 5. The molecule has 1 aliphatic carbocycles. The van der Waals surface area contributed by atoms with E-state index in [1.165, 1.54) is 28.2 Å². The van der Waals surface area contributed by atoms with Gasteiger partial charge in [0.25, 0.3) is 5.95 Å². The highest BCUT2D eigenvalue weighted by Crippen LogP contribution is 2.37. The van der Waals surface area contributed by atoms with Gasteiger partial charge in [-0.1, -0.05) is 24.3 Å². The van der Waals surface area contributed by atoms with Crippen LogP contribution < -0.4 is 4.74 Å². The molecule has 0 saturated heterocycles. The Morgan fingerprint density at radius 1 is 1.20 bits per heavy atom. The summed E-state index contributed by atoms with van der Waals surface area (Å²) in [5, 5.41) is 8.80. The lowest BCUT2D eigenvalue weighted by Crippen LogP contribution is -2.11. The zero-order chi connectivity index (χ0) is 20.7. The lowest BCUT2D eigenvalue weighted by atomic mass is 10.1. The van der Waals surface area contributed by atoms with Crippen molar-refractivity contribution in [3.8, 4) is 11.8 Å². The highest BCUT2D eigenvalue weighted by molar-refractivity contribution is 5.88. The molecule has 1 atom stereocenters. The molecular formula is C21H20N6O3. The zero-order valence-corrected chi connectivity index (χ0v) is 16.6. The van der Waals surface area contributed by atoms with Gasteiger partial charge in [-0.2, -0.15) is 15.2 Å². The van der Waals surface area contributed by atoms with Crippen LogP contribution in [0.4, 0.5) is 0 Å². The molecule has 152 valence electrons. The third-order valence-corrected chi connectivity index (χ3v) is 5.29. The van der Waals surface area contributed by atoms with Crippen LogP contribution in [-0.4, -0.2) is 49.2 Å². The number of fused-ring (bicyclic) bond motifs is 2. The van der Waals surface area contributed by atoms with Crippen LogP contribution >= 0.6 is 0 Å². The molecule has 3 aromatic heterocycles. The molecule has 30 heavy (non-hydrogen) atoms. The quantitative estimate of drug-likeness (QED) is 0.472. The number of aryl methyl sites for hydroxylation is 1. The summed E-state index contributed by atoms with van der Waals surface area (Å²) in [6.45, 7) is 2.05. The molecule has 9 nitrogen and oxygen atoms in total. The van der Waals surface area contributed by atoms with Crippen molar-refractivity contribution in [2.75, 3.05) is 13.7 Å². The van der Waals surface area contributed by atoms with Crippen LogP contribution in [0.15, 0.2) is 42.9 Å². The predicted molar refractivity (Wildman–Crippen MR) is 108 cm³/mol. The van der Waals surface area contributed by atoms with E-state index in [0.717, 1.165) is 18.4 Å². The second-order valence-corrected chi connectivity index (χ2v) is 7.00. The molecule has 0 fully saturated rings. The number of benzene rings is 1. The Morgan fingerprint density at radius 2 is 2.07 bits per heavy atom. The minimum absolute atomic E-state index is 0.113. The van der Waals surface area contributed by atoms with E-state index < -0.39 is 5.97 Å². The topological polar surface area (TPSA) is 97.0 Å². The van der Waals surface area contributed by atoms with Crippen LogP contribution in [0.3, 0.4) is 0 Å². The van der Waals surface area contributed by atoms with Crippen molar-refractivity contribution in [2.24, 2.45) is 0 Å². The van der Waals surface area contributed by atoms with Crippen molar-refractivity contribution in [3.05, 3.63) is 59.5 Å². The van der Waals surface area contributed by atoms with Gasteiger partial charge in [-0.05, 0) is 30.9 Å². The van der Waals surface area contributed by atoms with Crippen LogP contribution in [-0.2, 0) is 11.2 Å². The maximum absolute atomic E-state index is 11.9. The summed E-state index contributed by atoms with van der Waals surface area (Å²) < 4.78 is 14.0. The number of ether oxygens (including phenoxy) is 2. The average Bonchev–Trinajstić information content (AvgIpc) is 3.50. The summed E-state index contributed by atoms with van der Waals surface area (Å²) in [7, 11) is 1.57. The third kappa shape index (κ3) is 2.90. The number of aromatic nitrogens is 6. The van der Waals surface area contributed by atoms with Gasteiger partial charge in [-0.15, -0.1) is 0 Å². The van der Waals surface area contributed by atoms with Gasteiger partial charge in [0, 0.05) is 6.20 Å². The fourth-order valence-corrected chi connectivity index (χ4v) is 3.94. The first kappa shape index (κ1) is 18.3. The SMILES string of the molecule is CCOC(=O)c1cnn(-c2nc(OC)c3c(cnn3[C@H]3CCc4ccccc43)n2)c1. The molecule has 0 N–H and O–H groups in total. The summed E-state index contributed by atoms with van der Waals surface area (Å²) in [5.41, 5.74) is 4.32. The molecule has 0 spiro atoms. The molecule has 4 aromatic rings. The Bertz CT molecular complexity index is 1240. The van der Waals surface area contributed by atoms with Gasteiger partial charge in [0.2, 0.25) is 5.88 Å². The number of esters is 1. The fraction of sp³-hybridized carbons (Fsp3) is 0.286. The maximum Gasteiger partial charge on any atom is 0.341 e. The largest absolute Gasteiger partial charge is 0.479 e. The van der Waals surface area contributed by atoms with Crippen molar-refractivity contribution in [1.82, 2.24) is 29.5 Å². The summed E-state index contributed by atoms with van der Waals surface area (Å²) in [4.78, 5) is 21.0. The molecule has 0 aliphatic heterocycles. The normalized spacial score (nSPS) is 15.3. The van der Waals surface area contributed by atoms with Crippen molar-refractivity contribution in [1.29, 1.82) is 0 Å². The predicted octanol–water partition coefficient (Wildman–Crippen LogP) is 2.73. The molecule has 0 amide bonds. The molecule has 0 radical (unpaired) electrons. The number of hydrogen-bond donors (Lipinski definition) is 0. The number of carbonyl (C=O) groups is 1. The molecule has 0 saturated carbocycles. The second kappa shape index (κ2) is 7.25. The van der Waals surface area contributed by atoms with Gasteiger partial charge >= 0.3 is 5.97 Å². The lowest BCUT2D eigenvalue weighted by Gasteiger charge is -2.15. The summed E-state index contributed by atoms with van der Waals surface area (Å²) >= 11 is 0. The molecule has 3 heterocycles. The first-order valence-electron chi connectivity index (χ1n) is 9.78. The molecule has 5 rings (SSSR count). The van der Waals surface area contributed by atoms with E-state index >= 15 is 0 Å². The van der Waals surface area contributed by atoms with Crippen LogP contribution in [0.1, 0.15) is 40.9 Å². The summed E-state index contributed by atoms with van der Waals surface area (Å²) in [6.07, 6.45) is 6.64. The second-order valence-electron chi connectivity index (χ2n) is 7.00. The van der Waals surface area contributed by atoms with Gasteiger partial charge in [0.1, 0.15) is 11.0 Å². The van der Waals surface area contributed by atoms with Crippen molar-refractivity contribution in [3.63, 3.8) is 0 Å². The van der Waals surface area contributed by atoms with Crippen molar-refractivity contribution < 1.29 is 14.3 Å². The fourth-order valence-electron chi connectivity index (χ4n) is 3.94. The number of hydrogen-bond acceptors (Lipinski definition) is 7. The molecule has 1 aliphatic rings. The lowest BCUT2D eigenvalue weighted by molar-refractivity contribution is 0.0526. The summed E-state index contributed by atoms with van der Waals surface area (Å²) in [5.74, 6) is 0.260. The first-order chi connectivity index (χ1) is 14.7. The minimum Gasteiger partial charge on any atom is -0.479 e. The average molecular weight is 404 g/mol. The number of carbonyl (C=O) groups excluding carboxylic acids is 1. The third-order valence-electron chi connectivity index (χ3n) is 5.29. The number of nitrogens with zero attached hydrogens (tertiary/aromatic N) is 6. The highest BCUT2D eigenvalue weighted by Gasteiger charge is 2.27. The Kier molecular flexibility index (Phi) is 4.42. The van der Waals surface area contributed by atoms with E-state index in [-0.39, 0.29) is 6.04 Å². The zero-order valence-electron chi connectivity index (χ0n) is 16.6. The van der Waals surface area contributed by atoms with Gasteiger partial charge in [-0.3, -0.25) is 4.68 Å². The molecule has 0 unspecified atom stereocenters. The van der Waals surface area contributed by atoms with E-state index in [1.807, 2.05) is 10.7 Å². The van der Waals surface area contributed by atoms with Crippen LogP contribution in [0.2, 0.25) is 0 Å². The highest BCUT2D eigenvalue weighted by atomic mass is 16.5. The standard InChI is InChI=1S/C21H20N6O3/c1-3-30-20(28)14-10-22-26(12-14)21-24-16-11-23-27(18(16)19(25-21)29-2)17-9-8-13-6-4-5-7-15(13)17/h4-7,10-12,17H,3,8-9H2,1-2H3/t17-/m0/s1. The van der Waals surface area contributed by atoms with E-state index in [2.05, 4.69) is 38.4 Å². The van der Waals surface area contributed by atoms with E-state index in [1.54, 1.807) is 20.2 Å². The Labute approximate surface area is 172 Å². The van der Waals surface area contributed by atoms with Gasteiger partial charge in [-0.25, -0.2) is 14.5 Å². The molecule has 0 bridgehead atoms. The maximum atomic E-state index is 11.9. The van der Waals surface area contributed by atoms with Gasteiger partial charge in [0.05, 0.1) is 37.7 Å². The van der Waals surface area contributed by atoms with E-state index in [9.17, 15) is 4.79 Å². The molecular weight excluding hydrogens is 384 g/mol. The monoisotopic (exact) mass is 404 g/mol. The van der Waals surface area contributed by atoms with Gasteiger partial charge in [0.15, 0.2) is 0 Å². The Balaban J connectivity index is 1.57. The van der Waals surface area contributed by atoms with Gasteiger partial charge < -0.3 is 9.47 Å². The summed E-state index contributed by atoms with van der Waals surface area (Å²) in [6, 6.07) is 8.52. The van der Waals surface area contributed by atoms with Crippen molar-refractivity contribution >= 4 is 17.0 Å². The molecule has 1 aromatic carbocycles. The van der Waals surface area contributed by atoms with Crippen LogP contribution in [0.25, 0.3) is 17.0 Å². The van der Waals surface area contributed by atoms with Crippen molar-refractivity contribution in [2.45, 2.75) is 25.8 Å². The van der Waals surface area contributed by atoms with E-state index in [0.29, 0.717) is 29.5 Å².